The van der Waals surface area contributed by atoms with E-state index < -0.39 is 11.0 Å². The molecule has 0 bridgehead atoms. The first-order valence-corrected chi connectivity index (χ1v) is 9.40. The molecule has 30 heavy (non-hydrogen) atoms. The zero-order chi connectivity index (χ0) is 22.1. The summed E-state index contributed by atoms with van der Waals surface area (Å²) >= 11 is 0. The number of ether oxygens (including phenoxy) is 4. The van der Waals surface area contributed by atoms with Gasteiger partial charge >= 0.3 is 6.03 Å². The molecule has 0 aliphatic heterocycles. The number of hydrogen-bond donors (Lipinski definition) is 2. The Labute approximate surface area is 174 Å². The Morgan fingerprint density at radius 1 is 0.933 bits per heavy atom. The van der Waals surface area contributed by atoms with Crippen molar-refractivity contribution in [2.24, 2.45) is 0 Å². The van der Waals surface area contributed by atoms with Crippen LogP contribution in [-0.4, -0.2) is 37.9 Å². The summed E-state index contributed by atoms with van der Waals surface area (Å²) in [5, 5.41) is 16.2. The predicted molar refractivity (Wildman–Crippen MR) is 112 cm³/mol. The third-order valence-electron chi connectivity index (χ3n) is 3.81. The first-order chi connectivity index (χ1) is 14.4. The normalized spacial score (nSPS) is 10.1. The molecule has 2 rings (SSSR count). The van der Waals surface area contributed by atoms with Crippen molar-refractivity contribution >= 4 is 23.1 Å². The van der Waals surface area contributed by atoms with E-state index in [1.54, 1.807) is 12.1 Å². The standard InChI is InChI=1S/C20H25N3O7/c1-5-28-17-10-13(11-18(29-6-2)19(17)30-7-3)21-20(24)22-15-9-8-14(23(25)26)12-16(15)27-4/h8-12H,5-7H2,1-4H3,(H2,21,22,24). The minimum Gasteiger partial charge on any atom is -0.494 e. The molecule has 0 saturated carbocycles. The van der Waals surface area contributed by atoms with Gasteiger partial charge in [0, 0.05) is 18.2 Å². The van der Waals surface area contributed by atoms with Gasteiger partial charge in [-0.25, -0.2) is 4.79 Å². The molecule has 0 heterocycles. The second-order valence-electron chi connectivity index (χ2n) is 5.82. The van der Waals surface area contributed by atoms with Crippen molar-refractivity contribution in [3.05, 3.63) is 40.4 Å². The van der Waals surface area contributed by atoms with Gasteiger partial charge in [-0.05, 0) is 26.8 Å². The molecule has 0 fully saturated rings. The SMILES string of the molecule is CCOc1cc(NC(=O)Nc2ccc([N+](=O)[O-])cc2OC)cc(OCC)c1OCC. The molecular weight excluding hydrogens is 394 g/mol. The molecule has 10 heteroatoms. The number of rotatable bonds is 10. The average molecular weight is 419 g/mol. The fraction of sp³-hybridized carbons (Fsp3) is 0.350. The van der Waals surface area contributed by atoms with Crippen molar-refractivity contribution in [1.29, 1.82) is 0 Å². The van der Waals surface area contributed by atoms with Gasteiger partial charge in [0.15, 0.2) is 11.5 Å². The number of amides is 2. The van der Waals surface area contributed by atoms with E-state index in [0.29, 0.717) is 42.8 Å². The maximum absolute atomic E-state index is 12.5. The quantitative estimate of drug-likeness (QED) is 0.431. The van der Waals surface area contributed by atoms with Gasteiger partial charge in [-0.15, -0.1) is 0 Å². The first kappa shape index (κ1) is 22.6. The van der Waals surface area contributed by atoms with E-state index in [-0.39, 0.29) is 17.1 Å². The lowest BCUT2D eigenvalue weighted by molar-refractivity contribution is -0.384. The minimum atomic E-state index is -0.573. The first-order valence-electron chi connectivity index (χ1n) is 9.40. The number of urea groups is 1. The smallest absolute Gasteiger partial charge is 0.323 e. The number of anilines is 2. The summed E-state index contributed by atoms with van der Waals surface area (Å²) in [4.78, 5) is 22.9. The third-order valence-corrected chi connectivity index (χ3v) is 3.81. The van der Waals surface area contributed by atoms with Crippen LogP contribution in [0.5, 0.6) is 23.0 Å². The van der Waals surface area contributed by atoms with E-state index >= 15 is 0 Å². The van der Waals surface area contributed by atoms with Gasteiger partial charge in [0.05, 0.1) is 49.3 Å². The van der Waals surface area contributed by atoms with Crippen LogP contribution in [0.1, 0.15) is 20.8 Å². The summed E-state index contributed by atoms with van der Waals surface area (Å²) in [6.45, 7) is 6.76. The lowest BCUT2D eigenvalue weighted by Gasteiger charge is -2.18. The van der Waals surface area contributed by atoms with Crippen LogP contribution in [0.4, 0.5) is 21.9 Å². The number of nitrogens with zero attached hydrogens (tertiary/aromatic N) is 1. The molecule has 0 radical (unpaired) electrons. The van der Waals surface area contributed by atoms with Crippen molar-refractivity contribution < 1.29 is 28.7 Å². The topological polar surface area (TPSA) is 121 Å². The molecule has 0 saturated heterocycles. The molecule has 2 aromatic carbocycles. The number of benzene rings is 2. The highest BCUT2D eigenvalue weighted by Gasteiger charge is 2.17. The van der Waals surface area contributed by atoms with Gasteiger partial charge < -0.3 is 29.6 Å². The molecule has 162 valence electrons. The highest BCUT2D eigenvalue weighted by Crippen LogP contribution is 2.41. The van der Waals surface area contributed by atoms with Crippen molar-refractivity contribution in [2.75, 3.05) is 37.6 Å². The highest BCUT2D eigenvalue weighted by atomic mass is 16.6. The Hall–Kier alpha value is -3.69. The number of nitro benzene ring substituents is 1. The van der Waals surface area contributed by atoms with E-state index in [1.807, 2.05) is 20.8 Å². The second kappa shape index (κ2) is 10.7. The third kappa shape index (κ3) is 5.66. The van der Waals surface area contributed by atoms with Gasteiger partial charge in [0.2, 0.25) is 5.75 Å². The minimum absolute atomic E-state index is 0.146. The van der Waals surface area contributed by atoms with Crippen LogP contribution in [-0.2, 0) is 0 Å². The van der Waals surface area contributed by atoms with Crippen LogP contribution in [0.15, 0.2) is 30.3 Å². The van der Waals surface area contributed by atoms with Crippen LogP contribution in [0, 0.1) is 10.1 Å². The van der Waals surface area contributed by atoms with E-state index in [4.69, 9.17) is 18.9 Å². The Balaban J connectivity index is 2.26. The summed E-state index contributed by atoms with van der Waals surface area (Å²) in [6, 6.07) is 6.58. The predicted octanol–water partition coefficient (Wildman–Crippen LogP) is 4.44. The Morgan fingerprint density at radius 2 is 1.53 bits per heavy atom. The maximum Gasteiger partial charge on any atom is 0.323 e. The number of nitrogens with one attached hydrogen (secondary N) is 2. The highest BCUT2D eigenvalue weighted by molar-refractivity contribution is 6.01. The summed E-state index contributed by atoms with van der Waals surface area (Å²) in [5.74, 6) is 1.50. The van der Waals surface area contributed by atoms with E-state index in [0.717, 1.165) is 0 Å². The second-order valence-corrected chi connectivity index (χ2v) is 5.82. The molecule has 2 aromatic rings. The fourth-order valence-corrected chi connectivity index (χ4v) is 2.64. The Morgan fingerprint density at radius 3 is 2.03 bits per heavy atom. The number of carbonyl (C=O) groups is 1. The van der Waals surface area contributed by atoms with Gasteiger partial charge in [-0.1, -0.05) is 0 Å². The van der Waals surface area contributed by atoms with Crippen LogP contribution in [0.25, 0.3) is 0 Å². The molecule has 0 unspecified atom stereocenters. The van der Waals surface area contributed by atoms with Crippen LogP contribution < -0.4 is 29.6 Å². The van der Waals surface area contributed by atoms with E-state index in [1.165, 1.54) is 25.3 Å². The molecule has 0 aliphatic rings. The average Bonchev–Trinajstić information content (AvgIpc) is 2.71. The lowest BCUT2D eigenvalue weighted by Crippen LogP contribution is -2.20. The van der Waals surface area contributed by atoms with Gasteiger partial charge in [-0.2, -0.15) is 0 Å². The molecule has 0 spiro atoms. The summed E-state index contributed by atoms with van der Waals surface area (Å²) < 4.78 is 22.0. The van der Waals surface area contributed by atoms with E-state index in [9.17, 15) is 14.9 Å². The maximum atomic E-state index is 12.5. The molecule has 0 atom stereocenters. The number of non-ortho nitro benzene ring substituents is 1. The van der Waals surface area contributed by atoms with Gasteiger partial charge in [0.25, 0.3) is 5.69 Å². The summed E-state index contributed by atoms with van der Waals surface area (Å²) in [7, 11) is 1.36. The van der Waals surface area contributed by atoms with Crippen molar-refractivity contribution in [2.45, 2.75) is 20.8 Å². The van der Waals surface area contributed by atoms with Gasteiger partial charge in [-0.3, -0.25) is 10.1 Å². The lowest BCUT2D eigenvalue weighted by atomic mass is 10.2. The van der Waals surface area contributed by atoms with Crippen molar-refractivity contribution in [3.8, 4) is 23.0 Å². The molecule has 2 amide bonds. The van der Waals surface area contributed by atoms with Crippen molar-refractivity contribution in [1.82, 2.24) is 0 Å². The zero-order valence-electron chi connectivity index (χ0n) is 17.3. The molecule has 0 aromatic heterocycles. The zero-order valence-corrected chi connectivity index (χ0v) is 17.3. The van der Waals surface area contributed by atoms with E-state index in [2.05, 4.69) is 10.6 Å². The summed E-state index contributed by atoms with van der Waals surface area (Å²) in [5.41, 5.74) is 0.553. The number of hydrogen-bond acceptors (Lipinski definition) is 7. The van der Waals surface area contributed by atoms with Crippen LogP contribution >= 0.6 is 0 Å². The molecular formula is C20H25N3O7. The monoisotopic (exact) mass is 419 g/mol. The van der Waals surface area contributed by atoms with Crippen LogP contribution in [0.2, 0.25) is 0 Å². The number of nitro groups is 1. The van der Waals surface area contributed by atoms with Crippen molar-refractivity contribution in [3.63, 3.8) is 0 Å². The number of methoxy groups -OCH3 is 1. The fourth-order valence-electron chi connectivity index (χ4n) is 2.64. The Kier molecular flexibility index (Phi) is 8.09. The number of carbonyl (C=O) groups excluding carboxylic acids is 1. The molecule has 10 nitrogen and oxygen atoms in total. The van der Waals surface area contributed by atoms with Gasteiger partial charge in [0.1, 0.15) is 5.75 Å². The largest absolute Gasteiger partial charge is 0.494 e. The Bertz CT molecular complexity index is 875. The van der Waals surface area contributed by atoms with Crippen LogP contribution in [0.3, 0.4) is 0 Å². The summed E-state index contributed by atoms with van der Waals surface area (Å²) in [6.07, 6.45) is 0. The molecule has 2 N–H and O–H groups in total. The molecule has 0 aliphatic carbocycles.